The van der Waals surface area contributed by atoms with E-state index in [9.17, 15) is 51.9 Å². The van der Waals surface area contributed by atoms with Crippen LogP contribution in [-0.4, -0.2) is 92.2 Å². The van der Waals surface area contributed by atoms with Crippen molar-refractivity contribution in [2.45, 2.75) is 19.6 Å². The van der Waals surface area contributed by atoms with Gasteiger partial charge in [-0.25, -0.2) is 19.9 Å². The summed E-state index contributed by atoms with van der Waals surface area (Å²) < 4.78 is 140. The van der Waals surface area contributed by atoms with E-state index in [2.05, 4.69) is 40.3 Å². The van der Waals surface area contributed by atoms with E-state index >= 15 is 0 Å². The summed E-state index contributed by atoms with van der Waals surface area (Å²) in [6.07, 6.45) is 0. The van der Waals surface area contributed by atoms with Crippen LogP contribution in [0.15, 0.2) is 153 Å². The number of aromatic nitrogens is 8. The van der Waals surface area contributed by atoms with Crippen molar-refractivity contribution in [1.82, 2.24) is 40.3 Å². The Kier molecular flexibility index (Phi) is 11.2. The molecule has 8 rings (SSSR count). The number of nitrogens with zero attached hydrogens (tertiary/aromatic N) is 8. The van der Waals surface area contributed by atoms with Crippen LogP contribution < -0.4 is 0 Å². The topological polar surface area (TPSA) is 321 Å². The van der Waals surface area contributed by atoms with Crippen molar-refractivity contribution in [2.75, 3.05) is 0 Å². The highest BCUT2D eigenvalue weighted by Gasteiger charge is 2.28. The number of hydrogen-bond donors (Lipinski definition) is 4. The Hall–Kier alpha value is -7.16. The van der Waals surface area contributed by atoms with Crippen molar-refractivity contribution in [1.29, 1.82) is 0 Å². The first-order valence-corrected chi connectivity index (χ1v) is 23.8. The highest BCUT2D eigenvalue weighted by Crippen LogP contribution is 2.38. The third-order valence-electron chi connectivity index (χ3n) is 9.27. The largest absolute Gasteiger partial charge is 0.295 e. The van der Waals surface area contributed by atoms with Crippen LogP contribution in [0.5, 0.6) is 0 Å². The second kappa shape index (κ2) is 16.5. The lowest BCUT2D eigenvalue weighted by atomic mass is 10.0. The van der Waals surface area contributed by atoms with Crippen LogP contribution in [0.25, 0.3) is 79.5 Å². The third kappa shape index (κ3) is 8.74. The minimum atomic E-state index is -4.88. The molecule has 0 spiro atoms. The van der Waals surface area contributed by atoms with Gasteiger partial charge in [0.05, 0.1) is 11.4 Å². The molecule has 0 atom stereocenters. The first kappa shape index (κ1) is 43.5. The molecular weight excluding hydrogens is 913 g/mol. The fraction of sp³-hybridized carbons (Fsp3) is 0. The third-order valence-corrected chi connectivity index (χ3v) is 12.9. The molecule has 0 amide bonds. The van der Waals surface area contributed by atoms with Gasteiger partial charge in [-0.05, 0) is 48.5 Å². The van der Waals surface area contributed by atoms with Gasteiger partial charge in [-0.2, -0.15) is 33.7 Å². The van der Waals surface area contributed by atoms with Gasteiger partial charge in [0.1, 0.15) is 53.7 Å². The fourth-order valence-corrected chi connectivity index (χ4v) is 9.33. The monoisotopic (exact) mass is 938 g/mol. The van der Waals surface area contributed by atoms with Crippen molar-refractivity contribution >= 4 is 40.5 Å². The summed E-state index contributed by atoms with van der Waals surface area (Å²) >= 11 is 0. The van der Waals surface area contributed by atoms with E-state index in [1.54, 1.807) is 24.3 Å². The molecule has 0 unspecified atom stereocenters. The normalized spacial score (nSPS) is 12.2. The SMILES string of the molecule is O=S(=O)(O)c1ccccc1-c1nnc(-c2cccc(-c3cccc(-c4nnc(-c5ccccc5S(=O)(=O)O)c(-c5ccccc5S(=O)(=O)O)n4)n3)n2)nc1-c1ccccc1S(=O)(=O)O. The summed E-state index contributed by atoms with van der Waals surface area (Å²) in [4.78, 5) is 16.0. The van der Waals surface area contributed by atoms with Gasteiger partial charge in [0, 0.05) is 22.3 Å². The van der Waals surface area contributed by atoms with Crippen LogP contribution in [0.2, 0.25) is 0 Å². The molecule has 4 heterocycles. The van der Waals surface area contributed by atoms with Gasteiger partial charge < -0.3 is 0 Å². The van der Waals surface area contributed by atoms with Crippen molar-refractivity contribution in [3.63, 3.8) is 0 Å². The van der Waals surface area contributed by atoms with Crippen molar-refractivity contribution in [3.05, 3.63) is 133 Å². The second-order valence-corrected chi connectivity index (χ2v) is 18.9. The Labute approximate surface area is 363 Å². The van der Waals surface area contributed by atoms with E-state index in [1.165, 1.54) is 84.9 Å². The van der Waals surface area contributed by atoms with Gasteiger partial charge in [-0.1, -0.05) is 84.9 Å². The summed E-state index contributed by atoms with van der Waals surface area (Å²) in [5.74, 6) is -0.386. The van der Waals surface area contributed by atoms with E-state index in [4.69, 9.17) is 0 Å². The molecule has 0 aliphatic carbocycles. The van der Waals surface area contributed by atoms with Crippen LogP contribution in [-0.2, 0) is 40.5 Å². The van der Waals surface area contributed by atoms with E-state index < -0.39 is 60.1 Å². The van der Waals surface area contributed by atoms with Crippen LogP contribution in [0, 0.1) is 0 Å². The van der Waals surface area contributed by atoms with Crippen LogP contribution in [0.3, 0.4) is 0 Å². The fourth-order valence-electron chi connectivity index (χ4n) is 6.56. The Morgan fingerprint density at radius 3 is 0.844 bits per heavy atom. The smallest absolute Gasteiger partial charge is 0.282 e. The van der Waals surface area contributed by atoms with Crippen LogP contribution in [0.1, 0.15) is 0 Å². The lowest BCUT2D eigenvalue weighted by molar-refractivity contribution is 0.481. The van der Waals surface area contributed by atoms with Crippen molar-refractivity contribution in [2.24, 2.45) is 0 Å². The zero-order chi connectivity index (χ0) is 45.6. The number of rotatable bonds is 11. The van der Waals surface area contributed by atoms with Gasteiger partial charge in [-0.15, -0.1) is 20.4 Å². The minimum absolute atomic E-state index is 0.0567. The Balaban J connectivity index is 1.26. The van der Waals surface area contributed by atoms with E-state index in [-0.39, 0.29) is 79.5 Å². The van der Waals surface area contributed by atoms with E-state index in [1.807, 2.05) is 0 Å². The predicted molar refractivity (Wildman–Crippen MR) is 226 cm³/mol. The molecule has 0 fully saturated rings. The van der Waals surface area contributed by atoms with Gasteiger partial charge in [-0.3, -0.25) is 18.2 Å². The summed E-state index contributed by atoms with van der Waals surface area (Å²) in [6.45, 7) is 0. The Morgan fingerprint density at radius 1 is 0.281 bits per heavy atom. The standard InChI is InChI=1S/C40H26N8O12S4/c49-61(50,51)31-19-5-1-11-23(31)35-37(25-13-3-7-21-33(25)63(55,56)57)45-47-39(43-35)29-17-9-15-27(41-29)28-16-10-18-30(42-28)40-44-36(24-12-2-6-20-32(24)62(52,53)54)38(46-48-40)26-14-4-8-22-34(26)64(58,59)60/h1-22H,(H,49,50,51)(H,52,53,54)(H,55,56,57)(H,58,59,60). The molecule has 4 aromatic heterocycles. The summed E-state index contributed by atoms with van der Waals surface area (Å²) in [5, 5.41) is 16.8. The van der Waals surface area contributed by atoms with E-state index in [0.29, 0.717) is 0 Å². The van der Waals surface area contributed by atoms with Crippen molar-refractivity contribution in [3.8, 4) is 79.5 Å². The molecule has 4 N–H and O–H groups in total. The molecule has 0 radical (unpaired) electrons. The lowest BCUT2D eigenvalue weighted by Crippen LogP contribution is -2.08. The van der Waals surface area contributed by atoms with Gasteiger partial charge >= 0.3 is 0 Å². The molecule has 0 aliphatic heterocycles. The number of hydrogen-bond acceptors (Lipinski definition) is 16. The molecule has 0 saturated heterocycles. The maximum absolute atomic E-state index is 12.5. The maximum atomic E-state index is 12.5. The molecule has 0 bridgehead atoms. The maximum Gasteiger partial charge on any atom is 0.295 e. The Bertz CT molecular complexity index is 3410. The molecule has 24 heteroatoms. The summed E-state index contributed by atoms with van der Waals surface area (Å²) in [6, 6.07) is 30.0. The number of benzene rings is 4. The van der Waals surface area contributed by atoms with Crippen molar-refractivity contribution < 1.29 is 51.9 Å². The second-order valence-electron chi connectivity index (χ2n) is 13.4. The summed E-state index contributed by atoms with van der Waals surface area (Å²) in [5.41, 5.74) is -1.26. The van der Waals surface area contributed by atoms with Crippen LogP contribution >= 0.6 is 0 Å². The average Bonchev–Trinajstić information content (AvgIpc) is 3.27. The summed E-state index contributed by atoms with van der Waals surface area (Å²) in [7, 11) is -19.5. The zero-order valence-electron chi connectivity index (χ0n) is 32.0. The van der Waals surface area contributed by atoms with Gasteiger partial charge in [0.25, 0.3) is 40.5 Å². The molecule has 8 aromatic rings. The molecule has 0 saturated carbocycles. The Morgan fingerprint density at radius 2 is 0.547 bits per heavy atom. The first-order valence-electron chi connectivity index (χ1n) is 18.0. The molecule has 322 valence electrons. The van der Waals surface area contributed by atoms with Crippen LogP contribution in [0.4, 0.5) is 0 Å². The minimum Gasteiger partial charge on any atom is -0.282 e. The number of pyridine rings is 2. The average molecular weight is 939 g/mol. The highest BCUT2D eigenvalue weighted by molar-refractivity contribution is 7.86. The predicted octanol–water partition coefficient (Wildman–Crippen LogP) is 5.50. The molecule has 4 aromatic carbocycles. The molecule has 64 heavy (non-hydrogen) atoms. The quantitative estimate of drug-likeness (QED) is 0.116. The highest BCUT2D eigenvalue weighted by atomic mass is 32.2. The molecular formula is C40H26N8O12S4. The first-order chi connectivity index (χ1) is 30.3. The molecule has 0 aliphatic rings. The molecule has 20 nitrogen and oxygen atoms in total. The van der Waals surface area contributed by atoms with E-state index in [0.717, 1.165) is 24.3 Å². The lowest BCUT2D eigenvalue weighted by Gasteiger charge is -2.14. The van der Waals surface area contributed by atoms with Gasteiger partial charge in [0.15, 0.2) is 0 Å². The van der Waals surface area contributed by atoms with Gasteiger partial charge in [0.2, 0.25) is 11.6 Å². The zero-order valence-corrected chi connectivity index (χ0v) is 35.2.